The van der Waals surface area contributed by atoms with Crippen LogP contribution in [0, 0.1) is 0 Å². The lowest BCUT2D eigenvalue weighted by molar-refractivity contribution is -0.117. The van der Waals surface area contributed by atoms with Crippen LogP contribution in [-0.4, -0.2) is 21.7 Å². The summed E-state index contributed by atoms with van der Waals surface area (Å²) in [4.78, 5) is 26.5. The average molecular weight is 197 g/mol. The molecule has 0 spiro atoms. The summed E-state index contributed by atoms with van der Waals surface area (Å²) in [7, 11) is -4.68. The number of hydrogen-bond acceptors (Lipinski definition) is 4. The predicted octanol–water partition coefficient (Wildman–Crippen LogP) is -1.54. The van der Waals surface area contributed by atoms with E-state index in [0.717, 1.165) is 6.92 Å². The van der Waals surface area contributed by atoms with Gasteiger partial charge in [-0.15, -0.1) is 0 Å². The number of carbonyl (C=O) groups excluding carboxylic acids is 1. The number of rotatable bonds is 2. The minimum atomic E-state index is -4.68. The highest BCUT2D eigenvalue weighted by Gasteiger charge is 2.14. The lowest BCUT2D eigenvalue weighted by atomic mass is 10.7. The Bertz CT molecular complexity index is 244. The fourth-order valence-corrected chi connectivity index (χ4v) is 0.495. The van der Waals surface area contributed by atoms with E-state index < -0.39 is 19.7 Å². The molecule has 0 aliphatic carbocycles. The number of nitrogens with zero attached hydrogens (tertiary/aromatic N) is 1. The first kappa shape index (κ1) is 10.9. The third-order valence-electron chi connectivity index (χ3n) is 0.550. The van der Waals surface area contributed by atoms with E-state index in [-0.39, 0.29) is 0 Å². The minimum Gasteiger partial charge on any atom is -0.367 e. The minimum absolute atomic E-state index is 0.522. The van der Waals surface area contributed by atoms with Crippen molar-refractivity contribution in [1.29, 1.82) is 0 Å². The van der Waals surface area contributed by atoms with E-state index in [1.54, 1.807) is 0 Å². The molecule has 0 aliphatic heterocycles. The van der Waals surface area contributed by atoms with Gasteiger partial charge in [0.05, 0.1) is 0 Å². The van der Waals surface area contributed by atoms with Crippen molar-refractivity contribution in [3.8, 4) is 0 Å². The van der Waals surface area contributed by atoms with Gasteiger partial charge in [-0.05, 0) is 5.16 Å². The van der Waals surface area contributed by atoms with Gasteiger partial charge in [0.2, 0.25) is 11.9 Å². The van der Waals surface area contributed by atoms with Crippen LogP contribution in [0.1, 0.15) is 6.92 Å². The van der Waals surface area contributed by atoms with Crippen molar-refractivity contribution in [3.05, 3.63) is 0 Å². The molecule has 0 radical (unpaired) electrons. The summed E-state index contributed by atoms with van der Waals surface area (Å²) in [6.45, 7) is 1.15. The fourth-order valence-electron chi connectivity index (χ4n) is 0.300. The number of oxime groups is 1. The number of amides is 1. The maximum absolute atomic E-state index is 10.3. The number of guanidine groups is 1. The van der Waals surface area contributed by atoms with Crippen LogP contribution in [0.3, 0.4) is 0 Å². The summed E-state index contributed by atoms with van der Waals surface area (Å²) in [6, 6.07) is 0. The van der Waals surface area contributed by atoms with Gasteiger partial charge in [-0.3, -0.25) is 24.5 Å². The highest BCUT2D eigenvalue weighted by atomic mass is 31.2. The van der Waals surface area contributed by atoms with Crippen LogP contribution >= 0.6 is 7.82 Å². The first-order chi connectivity index (χ1) is 5.31. The van der Waals surface area contributed by atoms with Crippen molar-refractivity contribution in [2.45, 2.75) is 6.92 Å². The summed E-state index contributed by atoms with van der Waals surface area (Å²) in [6.07, 6.45) is 0. The van der Waals surface area contributed by atoms with E-state index in [9.17, 15) is 9.36 Å². The Morgan fingerprint density at radius 3 is 2.50 bits per heavy atom. The van der Waals surface area contributed by atoms with E-state index >= 15 is 0 Å². The first-order valence-corrected chi connectivity index (χ1v) is 4.19. The number of nitrogens with two attached hydrogens (primary N) is 1. The van der Waals surface area contributed by atoms with Crippen LogP contribution in [0.5, 0.6) is 0 Å². The number of nitrogens with one attached hydrogen (secondary N) is 1. The number of phosphoric acid groups is 1. The van der Waals surface area contributed by atoms with Crippen molar-refractivity contribution in [3.63, 3.8) is 0 Å². The lowest BCUT2D eigenvalue weighted by Crippen LogP contribution is -2.35. The van der Waals surface area contributed by atoms with E-state index in [4.69, 9.17) is 15.5 Å². The molecule has 0 bridgehead atoms. The predicted molar refractivity (Wildman–Crippen MR) is 38.6 cm³/mol. The van der Waals surface area contributed by atoms with Crippen LogP contribution in [0.15, 0.2) is 5.16 Å². The van der Waals surface area contributed by atoms with E-state index in [1.165, 1.54) is 0 Å². The Labute approximate surface area is 67.6 Å². The summed E-state index contributed by atoms with van der Waals surface area (Å²) < 4.78 is 13.6. The molecule has 0 aromatic heterocycles. The molecule has 0 saturated carbocycles. The Morgan fingerprint density at radius 2 is 2.17 bits per heavy atom. The molecule has 9 heteroatoms. The Morgan fingerprint density at radius 1 is 1.67 bits per heavy atom. The molecule has 70 valence electrons. The Kier molecular flexibility index (Phi) is 3.68. The normalized spacial score (nSPS) is 12.4. The second kappa shape index (κ2) is 4.05. The molecule has 0 heterocycles. The Balaban J connectivity index is 4.02. The monoisotopic (exact) mass is 197 g/mol. The summed E-state index contributed by atoms with van der Waals surface area (Å²) in [5, 5.41) is 4.67. The van der Waals surface area contributed by atoms with Gasteiger partial charge < -0.3 is 5.73 Å². The smallest absolute Gasteiger partial charge is 0.367 e. The molecule has 0 aromatic carbocycles. The number of hydrogen-bond donors (Lipinski definition) is 4. The van der Waals surface area contributed by atoms with Crippen molar-refractivity contribution >= 4 is 19.7 Å². The van der Waals surface area contributed by atoms with Gasteiger partial charge in [0.1, 0.15) is 0 Å². The second-order valence-electron chi connectivity index (χ2n) is 1.73. The molecule has 0 fully saturated rings. The van der Waals surface area contributed by atoms with Gasteiger partial charge in [0, 0.05) is 6.92 Å². The summed E-state index contributed by atoms with van der Waals surface area (Å²) in [5.74, 6) is -1.05. The van der Waals surface area contributed by atoms with Gasteiger partial charge in [-0.2, -0.15) is 0 Å². The molecule has 0 aromatic rings. The lowest BCUT2D eigenvalue weighted by Gasteiger charge is -2.01. The largest absolute Gasteiger partial charge is 0.545 e. The fraction of sp³-hybridized carbons (Fsp3) is 0.333. The molecule has 1 amide bonds. The number of carbonyl (C=O) groups is 1. The van der Waals surface area contributed by atoms with Crippen molar-refractivity contribution in [2.75, 3.05) is 0 Å². The van der Waals surface area contributed by atoms with E-state index in [1.807, 2.05) is 5.32 Å². The summed E-state index contributed by atoms with van der Waals surface area (Å²) >= 11 is 0. The maximum Gasteiger partial charge on any atom is 0.545 e. The molecule has 0 aliphatic rings. The van der Waals surface area contributed by atoms with Crippen molar-refractivity contribution in [1.82, 2.24) is 5.32 Å². The molecule has 12 heavy (non-hydrogen) atoms. The standard InChI is InChI=1S/C3H8N3O5P/c1-2(7)5-3(4)6-11-12(8,9)10/h1H3,(H2,8,9,10)(H3,4,5,6,7). The van der Waals surface area contributed by atoms with Crippen LogP contribution in [-0.2, 0) is 14.0 Å². The third-order valence-corrected chi connectivity index (χ3v) is 0.844. The third kappa shape index (κ3) is 7.00. The van der Waals surface area contributed by atoms with Gasteiger partial charge >= 0.3 is 7.82 Å². The molecule has 0 saturated heterocycles. The molecule has 0 atom stereocenters. The van der Waals surface area contributed by atoms with Crippen LogP contribution in [0.2, 0.25) is 0 Å². The van der Waals surface area contributed by atoms with E-state index in [2.05, 4.69) is 9.78 Å². The molecule has 0 unspecified atom stereocenters. The van der Waals surface area contributed by atoms with E-state index in [0.29, 0.717) is 0 Å². The highest BCUT2D eigenvalue weighted by Crippen LogP contribution is 2.35. The maximum atomic E-state index is 10.3. The quantitative estimate of drug-likeness (QED) is 0.183. The van der Waals surface area contributed by atoms with Gasteiger partial charge in [0.15, 0.2) is 0 Å². The van der Waals surface area contributed by atoms with Gasteiger partial charge in [-0.1, -0.05) is 0 Å². The average Bonchev–Trinajstić information content (AvgIpc) is 1.80. The molecule has 0 rings (SSSR count). The highest BCUT2D eigenvalue weighted by molar-refractivity contribution is 7.46. The first-order valence-electron chi connectivity index (χ1n) is 2.66. The summed E-state index contributed by atoms with van der Waals surface area (Å²) in [5.41, 5.74) is 4.93. The molecule has 5 N–H and O–H groups in total. The van der Waals surface area contributed by atoms with Crippen molar-refractivity contribution in [2.24, 2.45) is 10.9 Å². The Hall–Kier alpha value is -1.11. The van der Waals surface area contributed by atoms with Crippen molar-refractivity contribution < 1.29 is 23.8 Å². The van der Waals surface area contributed by atoms with Gasteiger partial charge in [-0.25, -0.2) is 4.57 Å². The zero-order valence-corrected chi connectivity index (χ0v) is 6.99. The zero-order valence-electron chi connectivity index (χ0n) is 6.09. The second-order valence-corrected chi connectivity index (χ2v) is 2.87. The molecular formula is C3H8N3O5P. The van der Waals surface area contributed by atoms with Crippen LogP contribution in [0.25, 0.3) is 0 Å². The SMILES string of the molecule is CC(=O)NC(N)=NOP(=O)(O)O. The topological polar surface area (TPSA) is 134 Å². The molecular weight excluding hydrogens is 189 g/mol. The zero-order chi connectivity index (χ0) is 9.78. The van der Waals surface area contributed by atoms with Crippen LogP contribution < -0.4 is 11.1 Å². The molecule has 8 nitrogen and oxygen atoms in total. The van der Waals surface area contributed by atoms with Gasteiger partial charge in [0.25, 0.3) is 0 Å². The van der Waals surface area contributed by atoms with Crippen LogP contribution in [0.4, 0.5) is 0 Å².